The highest BCUT2D eigenvalue weighted by Gasteiger charge is 2.27. The third-order valence-electron chi connectivity index (χ3n) is 2.94. The second-order valence-corrected chi connectivity index (χ2v) is 6.05. The van der Waals surface area contributed by atoms with Crippen molar-refractivity contribution >= 4 is 32.5 Å². The van der Waals surface area contributed by atoms with Crippen molar-refractivity contribution in [1.82, 2.24) is 9.71 Å². The van der Waals surface area contributed by atoms with Gasteiger partial charge in [0.05, 0.1) is 16.9 Å². The number of nitrogen functional groups attached to an aromatic ring is 1. The summed E-state index contributed by atoms with van der Waals surface area (Å²) in [6, 6.07) is 6.88. The van der Waals surface area contributed by atoms with Crippen LogP contribution in [0.15, 0.2) is 30.5 Å². The van der Waals surface area contributed by atoms with Crippen molar-refractivity contribution in [2.45, 2.75) is 18.9 Å². The SMILES string of the molecule is Nc1ccc(NS(=O)(=O)NC2CC2)c2cccnc12. The fourth-order valence-electron chi connectivity index (χ4n) is 1.88. The molecule has 0 radical (unpaired) electrons. The van der Waals surface area contributed by atoms with Crippen LogP contribution in [0.5, 0.6) is 0 Å². The lowest BCUT2D eigenvalue weighted by Crippen LogP contribution is -2.31. The van der Waals surface area contributed by atoms with E-state index in [0.29, 0.717) is 22.3 Å². The first-order chi connectivity index (χ1) is 9.05. The zero-order valence-corrected chi connectivity index (χ0v) is 10.9. The summed E-state index contributed by atoms with van der Waals surface area (Å²) in [5, 5.41) is 0.684. The Morgan fingerprint density at radius 2 is 2.05 bits per heavy atom. The Kier molecular flexibility index (Phi) is 2.79. The molecule has 1 aromatic carbocycles. The lowest BCUT2D eigenvalue weighted by atomic mass is 10.1. The van der Waals surface area contributed by atoms with Crippen LogP contribution >= 0.6 is 0 Å². The van der Waals surface area contributed by atoms with Gasteiger partial charge in [-0.1, -0.05) is 0 Å². The van der Waals surface area contributed by atoms with Gasteiger partial charge in [0.15, 0.2) is 0 Å². The highest BCUT2D eigenvalue weighted by Crippen LogP contribution is 2.27. The summed E-state index contributed by atoms with van der Waals surface area (Å²) in [6.07, 6.45) is 3.41. The summed E-state index contributed by atoms with van der Waals surface area (Å²) in [5.41, 5.74) is 7.42. The molecule has 0 saturated heterocycles. The molecular weight excluding hydrogens is 264 g/mol. The summed E-state index contributed by atoms with van der Waals surface area (Å²) in [7, 11) is -3.54. The zero-order valence-electron chi connectivity index (χ0n) is 10.1. The van der Waals surface area contributed by atoms with Gasteiger partial charge in [-0.2, -0.15) is 13.1 Å². The molecule has 6 nitrogen and oxygen atoms in total. The predicted molar refractivity (Wildman–Crippen MR) is 74.9 cm³/mol. The first kappa shape index (κ1) is 12.2. The number of hydrogen-bond acceptors (Lipinski definition) is 4. The van der Waals surface area contributed by atoms with Crippen LogP contribution in [0.3, 0.4) is 0 Å². The maximum absolute atomic E-state index is 11.9. The molecule has 0 atom stereocenters. The number of anilines is 2. The molecule has 1 fully saturated rings. The molecule has 3 rings (SSSR count). The lowest BCUT2D eigenvalue weighted by Gasteiger charge is -2.11. The molecule has 1 heterocycles. The summed E-state index contributed by atoms with van der Waals surface area (Å²) in [5.74, 6) is 0. The van der Waals surface area contributed by atoms with Crippen molar-refractivity contribution in [2.24, 2.45) is 0 Å². The average Bonchev–Trinajstić information content (AvgIpc) is 3.16. The molecule has 1 aliphatic rings. The van der Waals surface area contributed by atoms with E-state index in [1.807, 2.05) is 0 Å². The minimum atomic E-state index is -3.54. The van der Waals surface area contributed by atoms with Gasteiger partial charge in [0, 0.05) is 17.6 Å². The smallest absolute Gasteiger partial charge is 0.299 e. The minimum absolute atomic E-state index is 0.0654. The van der Waals surface area contributed by atoms with Crippen LogP contribution in [0, 0.1) is 0 Å². The normalized spacial score (nSPS) is 15.6. The van der Waals surface area contributed by atoms with E-state index in [0.717, 1.165) is 12.8 Å². The van der Waals surface area contributed by atoms with Crippen molar-refractivity contribution < 1.29 is 8.42 Å². The second-order valence-electron chi connectivity index (χ2n) is 4.60. The summed E-state index contributed by atoms with van der Waals surface area (Å²) < 4.78 is 28.9. The molecular formula is C12H14N4O2S. The Hall–Kier alpha value is -1.86. The number of nitrogens with zero attached hydrogens (tertiary/aromatic N) is 1. The molecule has 0 aliphatic heterocycles. The summed E-state index contributed by atoms with van der Waals surface area (Å²) in [4.78, 5) is 4.16. The fraction of sp³-hybridized carbons (Fsp3) is 0.250. The molecule has 0 bridgehead atoms. The van der Waals surface area contributed by atoms with Gasteiger partial charge in [-0.3, -0.25) is 9.71 Å². The largest absolute Gasteiger partial charge is 0.397 e. The van der Waals surface area contributed by atoms with Gasteiger partial charge in [0.2, 0.25) is 0 Å². The average molecular weight is 278 g/mol. The van der Waals surface area contributed by atoms with Crippen LogP contribution in [0.1, 0.15) is 12.8 Å². The molecule has 0 unspecified atom stereocenters. The Morgan fingerprint density at radius 1 is 1.26 bits per heavy atom. The first-order valence-electron chi connectivity index (χ1n) is 5.98. The van der Waals surface area contributed by atoms with Gasteiger partial charge in [-0.05, 0) is 37.1 Å². The van der Waals surface area contributed by atoms with E-state index in [4.69, 9.17) is 5.73 Å². The standard InChI is InChI=1S/C12H14N4O2S/c13-10-5-6-11(9-2-1-7-14-12(9)10)16-19(17,18)15-8-3-4-8/h1-2,5-8,15-16H,3-4,13H2. The molecule has 19 heavy (non-hydrogen) atoms. The van der Waals surface area contributed by atoms with Gasteiger partial charge >= 0.3 is 0 Å². The quantitative estimate of drug-likeness (QED) is 0.733. The Labute approximate surface area is 111 Å². The number of rotatable bonds is 4. The topological polar surface area (TPSA) is 97.1 Å². The van der Waals surface area contributed by atoms with E-state index in [2.05, 4.69) is 14.4 Å². The zero-order chi connectivity index (χ0) is 13.5. The first-order valence-corrected chi connectivity index (χ1v) is 7.47. The molecule has 7 heteroatoms. The second kappa shape index (κ2) is 4.36. The van der Waals surface area contributed by atoms with Gasteiger partial charge < -0.3 is 5.73 Å². The molecule has 0 spiro atoms. The number of pyridine rings is 1. The number of hydrogen-bond donors (Lipinski definition) is 3. The van der Waals surface area contributed by atoms with Crippen molar-refractivity contribution in [1.29, 1.82) is 0 Å². The van der Waals surface area contributed by atoms with E-state index < -0.39 is 10.2 Å². The third-order valence-corrected chi connectivity index (χ3v) is 4.08. The van der Waals surface area contributed by atoms with Gasteiger partial charge in [0.25, 0.3) is 10.2 Å². The number of aromatic nitrogens is 1. The van der Waals surface area contributed by atoms with Crippen LogP contribution < -0.4 is 15.2 Å². The molecule has 4 N–H and O–H groups in total. The molecule has 2 aromatic rings. The van der Waals surface area contributed by atoms with Gasteiger partial charge in [-0.15, -0.1) is 0 Å². The number of nitrogens with one attached hydrogen (secondary N) is 2. The number of nitrogens with two attached hydrogens (primary N) is 1. The van der Waals surface area contributed by atoms with E-state index >= 15 is 0 Å². The van der Waals surface area contributed by atoms with Crippen molar-refractivity contribution in [3.8, 4) is 0 Å². The van der Waals surface area contributed by atoms with E-state index in [-0.39, 0.29) is 6.04 Å². The Bertz CT molecular complexity index is 726. The highest BCUT2D eigenvalue weighted by atomic mass is 32.2. The molecule has 100 valence electrons. The van der Waals surface area contributed by atoms with E-state index in [9.17, 15) is 8.42 Å². The molecule has 0 amide bonds. The maximum atomic E-state index is 11.9. The van der Waals surface area contributed by atoms with Crippen molar-refractivity contribution in [3.05, 3.63) is 30.5 Å². The van der Waals surface area contributed by atoms with Crippen molar-refractivity contribution in [2.75, 3.05) is 10.5 Å². The van der Waals surface area contributed by atoms with Crippen LogP contribution in [-0.4, -0.2) is 19.4 Å². The fourth-order valence-corrected chi connectivity index (χ4v) is 3.08. The van der Waals surface area contributed by atoms with Crippen LogP contribution in [0.25, 0.3) is 10.9 Å². The molecule has 1 aromatic heterocycles. The van der Waals surface area contributed by atoms with E-state index in [1.165, 1.54) is 0 Å². The molecule has 1 saturated carbocycles. The number of fused-ring (bicyclic) bond motifs is 1. The van der Waals surface area contributed by atoms with Crippen molar-refractivity contribution in [3.63, 3.8) is 0 Å². The van der Waals surface area contributed by atoms with E-state index in [1.54, 1.807) is 30.5 Å². The number of benzene rings is 1. The van der Waals surface area contributed by atoms with Gasteiger partial charge in [0.1, 0.15) is 0 Å². The third kappa shape index (κ3) is 2.61. The maximum Gasteiger partial charge on any atom is 0.299 e. The molecule has 1 aliphatic carbocycles. The minimum Gasteiger partial charge on any atom is -0.397 e. The highest BCUT2D eigenvalue weighted by molar-refractivity contribution is 7.90. The van der Waals surface area contributed by atoms with Crippen LogP contribution in [-0.2, 0) is 10.2 Å². The Morgan fingerprint density at radius 3 is 2.79 bits per heavy atom. The summed E-state index contributed by atoms with van der Waals surface area (Å²) in [6.45, 7) is 0. The Balaban J connectivity index is 1.99. The summed E-state index contributed by atoms with van der Waals surface area (Å²) >= 11 is 0. The predicted octanol–water partition coefficient (Wildman–Crippen LogP) is 1.23. The van der Waals surface area contributed by atoms with Gasteiger partial charge in [-0.25, -0.2) is 0 Å². The monoisotopic (exact) mass is 278 g/mol. The van der Waals surface area contributed by atoms with Crippen LogP contribution in [0.4, 0.5) is 11.4 Å². The van der Waals surface area contributed by atoms with Crippen LogP contribution in [0.2, 0.25) is 0 Å². The lowest BCUT2D eigenvalue weighted by molar-refractivity contribution is 0.586.